The van der Waals surface area contributed by atoms with Crippen molar-refractivity contribution in [3.8, 4) is 0 Å². The molecule has 0 bridgehead atoms. The molecule has 1 saturated heterocycles. The summed E-state index contributed by atoms with van der Waals surface area (Å²) in [6, 6.07) is 9.69. The molecule has 0 aromatic heterocycles. The zero-order valence-electron chi connectivity index (χ0n) is 10.7. The first-order chi connectivity index (χ1) is 8.38. The largest absolute Gasteiger partial charge is 0.384 e. The molecule has 1 aliphatic heterocycles. The number of hydrogen-bond acceptors (Lipinski definition) is 2. The van der Waals surface area contributed by atoms with Crippen molar-refractivity contribution in [2.24, 2.45) is 0 Å². The maximum Gasteiger partial charge on any atom is 0.0502 e. The normalized spacial score (nSPS) is 20.4. The number of rotatable bonds is 5. The second-order valence-electron chi connectivity index (χ2n) is 4.91. The molecule has 17 heavy (non-hydrogen) atoms. The SMILES string of the molecule is COCCc1ccc(CC2CCCCN2)cc1. The van der Waals surface area contributed by atoms with E-state index in [0.717, 1.165) is 13.0 Å². The van der Waals surface area contributed by atoms with Crippen LogP contribution in [-0.2, 0) is 17.6 Å². The summed E-state index contributed by atoms with van der Waals surface area (Å²) < 4.78 is 5.09. The van der Waals surface area contributed by atoms with E-state index in [2.05, 4.69) is 29.6 Å². The van der Waals surface area contributed by atoms with E-state index in [1.807, 2.05) is 0 Å². The van der Waals surface area contributed by atoms with Crippen LogP contribution in [0.3, 0.4) is 0 Å². The van der Waals surface area contributed by atoms with Crippen molar-refractivity contribution in [2.45, 2.75) is 38.1 Å². The molecule has 0 saturated carbocycles. The van der Waals surface area contributed by atoms with E-state index in [1.165, 1.54) is 43.4 Å². The Morgan fingerprint density at radius 2 is 1.94 bits per heavy atom. The third-order valence-corrected chi connectivity index (χ3v) is 3.51. The van der Waals surface area contributed by atoms with Gasteiger partial charge in [-0.1, -0.05) is 30.7 Å². The Balaban J connectivity index is 1.84. The van der Waals surface area contributed by atoms with E-state index < -0.39 is 0 Å². The fourth-order valence-electron chi connectivity index (χ4n) is 2.44. The average Bonchev–Trinajstić information content (AvgIpc) is 2.39. The summed E-state index contributed by atoms with van der Waals surface area (Å²) in [7, 11) is 1.75. The summed E-state index contributed by atoms with van der Waals surface area (Å²) in [4.78, 5) is 0. The standard InChI is InChI=1S/C15H23NO/c1-17-11-9-13-5-7-14(8-6-13)12-15-4-2-3-10-16-15/h5-8,15-16H,2-4,9-12H2,1H3. The van der Waals surface area contributed by atoms with Gasteiger partial charge in [0.05, 0.1) is 6.61 Å². The zero-order chi connectivity index (χ0) is 11.9. The Morgan fingerprint density at radius 1 is 1.18 bits per heavy atom. The van der Waals surface area contributed by atoms with Crippen LogP contribution >= 0.6 is 0 Å². The molecule has 1 aromatic rings. The van der Waals surface area contributed by atoms with Crippen molar-refractivity contribution in [2.75, 3.05) is 20.3 Å². The average molecular weight is 233 g/mol. The first-order valence-corrected chi connectivity index (χ1v) is 6.68. The molecule has 1 atom stereocenters. The van der Waals surface area contributed by atoms with Gasteiger partial charge >= 0.3 is 0 Å². The van der Waals surface area contributed by atoms with Gasteiger partial charge < -0.3 is 10.1 Å². The van der Waals surface area contributed by atoms with Crippen molar-refractivity contribution in [3.63, 3.8) is 0 Å². The third-order valence-electron chi connectivity index (χ3n) is 3.51. The van der Waals surface area contributed by atoms with Gasteiger partial charge in [0.25, 0.3) is 0 Å². The number of benzene rings is 1. The van der Waals surface area contributed by atoms with E-state index >= 15 is 0 Å². The van der Waals surface area contributed by atoms with E-state index in [1.54, 1.807) is 7.11 Å². The minimum absolute atomic E-state index is 0.688. The number of hydrogen-bond donors (Lipinski definition) is 1. The molecule has 2 nitrogen and oxygen atoms in total. The number of methoxy groups -OCH3 is 1. The predicted molar refractivity (Wildman–Crippen MR) is 71.4 cm³/mol. The second kappa shape index (κ2) is 6.77. The lowest BCUT2D eigenvalue weighted by Crippen LogP contribution is -2.35. The Labute approximate surface area is 104 Å². The van der Waals surface area contributed by atoms with Crippen LogP contribution in [0.4, 0.5) is 0 Å². The van der Waals surface area contributed by atoms with Crippen LogP contribution in [0.25, 0.3) is 0 Å². The highest BCUT2D eigenvalue weighted by atomic mass is 16.5. The summed E-state index contributed by atoms with van der Waals surface area (Å²) in [5.41, 5.74) is 2.82. The molecule has 1 heterocycles. The van der Waals surface area contributed by atoms with Crippen molar-refractivity contribution in [1.82, 2.24) is 5.32 Å². The highest BCUT2D eigenvalue weighted by Crippen LogP contribution is 2.13. The van der Waals surface area contributed by atoms with Crippen LogP contribution < -0.4 is 5.32 Å². The first-order valence-electron chi connectivity index (χ1n) is 6.68. The van der Waals surface area contributed by atoms with Crippen LogP contribution in [0, 0.1) is 0 Å². The van der Waals surface area contributed by atoms with Crippen molar-refractivity contribution < 1.29 is 4.74 Å². The highest BCUT2D eigenvalue weighted by Gasteiger charge is 2.12. The molecule has 2 heteroatoms. The molecule has 1 unspecified atom stereocenters. The number of piperidine rings is 1. The maximum absolute atomic E-state index is 5.09. The Kier molecular flexibility index (Phi) is 5.02. The summed E-state index contributed by atoms with van der Waals surface area (Å²) in [6.45, 7) is 2.00. The quantitative estimate of drug-likeness (QED) is 0.844. The molecule has 1 aliphatic rings. The van der Waals surface area contributed by atoms with Crippen molar-refractivity contribution in [1.29, 1.82) is 0 Å². The molecular formula is C15H23NO. The van der Waals surface area contributed by atoms with E-state index in [0.29, 0.717) is 6.04 Å². The van der Waals surface area contributed by atoms with E-state index in [9.17, 15) is 0 Å². The zero-order valence-corrected chi connectivity index (χ0v) is 10.7. The summed E-state index contributed by atoms with van der Waals surface area (Å²) in [5.74, 6) is 0. The number of nitrogens with one attached hydrogen (secondary N) is 1. The monoisotopic (exact) mass is 233 g/mol. The molecule has 94 valence electrons. The lowest BCUT2D eigenvalue weighted by molar-refractivity contribution is 0.202. The molecule has 1 fully saturated rings. The fraction of sp³-hybridized carbons (Fsp3) is 0.600. The molecule has 0 aliphatic carbocycles. The van der Waals surface area contributed by atoms with Crippen LogP contribution in [0.5, 0.6) is 0 Å². The Morgan fingerprint density at radius 3 is 2.59 bits per heavy atom. The van der Waals surface area contributed by atoms with Crippen LogP contribution in [-0.4, -0.2) is 26.3 Å². The Hall–Kier alpha value is -0.860. The van der Waals surface area contributed by atoms with Gasteiger partial charge in [-0.05, 0) is 43.4 Å². The van der Waals surface area contributed by atoms with Gasteiger partial charge in [0, 0.05) is 13.2 Å². The second-order valence-corrected chi connectivity index (χ2v) is 4.91. The smallest absolute Gasteiger partial charge is 0.0502 e. The molecule has 1 N–H and O–H groups in total. The van der Waals surface area contributed by atoms with E-state index in [4.69, 9.17) is 4.74 Å². The summed E-state index contributed by atoms with van der Waals surface area (Å²) >= 11 is 0. The topological polar surface area (TPSA) is 21.3 Å². The molecule has 1 aromatic carbocycles. The molecule has 0 radical (unpaired) electrons. The lowest BCUT2D eigenvalue weighted by atomic mass is 9.97. The van der Waals surface area contributed by atoms with Gasteiger partial charge in [0.1, 0.15) is 0 Å². The third kappa shape index (κ3) is 4.14. The molecular weight excluding hydrogens is 210 g/mol. The minimum atomic E-state index is 0.688. The molecule has 0 amide bonds. The van der Waals surface area contributed by atoms with Gasteiger partial charge in [-0.25, -0.2) is 0 Å². The van der Waals surface area contributed by atoms with Crippen LogP contribution in [0.1, 0.15) is 30.4 Å². The molecule has 2 rings (SSSR count). The fourth-order valence-corrected chi connectivity index (χ4v) is 2.44. The highest BCUT2D eigenvalue weighted by molar-refractivity contribution is 5.23. The van der Waals surface area contributed by atoms with Crippen molar-refractivity contribution >= 4 is 0 Å². The van der Waals surface area contributed by atoms with Gasteiger partial charge in [0.2, 0.25) is 0 Å². The minimum Gasteiger partial charge on any atom is -0.384 e. The van der Waals surface area contributed by atoms with Gasteiger partial charge in [0.15, 0.2) is 0 Å². The Bertz CT molecular complexity index is 314. The van der Waals surface area contributed by atoms with E-state index in [-0.39, 0.29) is 0 Å². The lowest BCUT2D eigenvalue weighted by Gasteiger charge is -2.23. The van der Waals surface area contributed by atoms with Crippen LogP contribution in [0.2, 0.25) is 0 Å². The van der Waals surface area contributed by atoms with Crippen molar-refractivity contribution in [3.05, 3.63) is 35.4 Å². The van der Waals surface area contributed by atoms with Crippen LogP contribution in [0.15, 0.2) is 24.3 Å². The van der Waals surface area contributed by atoms with Gasteiger partial charge in [-0.3, -0.25) is 0 Å². The van der Waals surface area contributed by atoms with Gasteiger partial charge in [-0.2, -0.15) is 0 Å². The first kappa shape index (κ1) is 12.6. The number of ether oxygens (including phenoxy) is 1. The predicted octanol–water partition coefficient (Wildman–Crippen LogP) is 2.56. The van der Waals surface area contributed by atoms with Gasteiger partial charge in [-0.15, -0.1) is 0 Å². The summed E-state index contributed by atoms with van der Waals surface area (Å²) in [5, 5.41) is 3.60. The summed E-state index contributed by atoms with van der Waals surface area (Å²) in [6.07, 6.45) is 6.23. The maximum atomic E-state index is 5.09. The molecule has 0 spiro atoms.